The maximum atomic E-state index is 12.8. The second-order valence-corrected chi connectivity index (χ2v) is 3.92. The molecule has 0 fully saturated rings. The summed E-state index contributed by atoms with van der Waals surface area (Å²) in [6.07, 6.45) is 0. The van der Waals surface area contributed by atoms with Crippen molar-refractivity contribution in [3.05, 3.63) is 28.8 Å². The van der Waals surface area contributed by atoms with Gasteiger partial charge in [0.2, 0.25) is 0 Å². The average Bonchev–Trinajstić information content (AvgIpc) is 1.98. The highest BCUT2D eigenvalue weighted by Crippen LogP contribution is 2.24. The van der Waals surface area contributed by atoms with Gasteiger partial charge in [-0.2, -0.15) is 8.42 Å². The second kappa shape index (κ2) is 4.39. The highest BCUT2D eigenvalue weighted by Gasteiger charge is 2.20. The molecule has 3 nitrogen and oxygen atoms in total. The Morgan fingerprint density at radius 2 is 1.79 bits per heavy atom. The first-order chi connectivity index (χ1) is 5.84. The molecule has 1 aromatic rings. The van der Waals surface area contributed by atoms with E-state index in [0.717, 1.165) is 0 Å². The van der Waals surface area contributed by atoms with Crippen LogP contribution in [0.15, 0.2) is 17.0 Å². The molecule has 0 aromatic heterocycles. The lowest BCUT2D eigenvalue weighted by atomic mass is 10.3. The van der Waals surface area contributed by atoms with Crippen molar-refractivity contribution in [2.45, 2.75) is 4.90 Å². The van der Waals surface area contributed by atoms with Crippen LogP contribution >= 0.6 is 24.0 Å². The van der Waals surface area contributed by atoms with Crippen molar-refractivity contribution < 1.29 is 21.8 Å². The van der Waals surface area contributed by atoms with Crippen molar-refractivity contribution in [3.63, 3.8) is 0 Å². The van der Waals surface area contributed by atoms with E-state index in [-0.39, 0.29) is 12.4 Å². The number of benzene rings is 1. The molecule has 0 radical (unpaired) electrons. The SMILES string of the molecule is Cl.O=S(=O)(O)c1ccc(F)c(Cl)c1F. The molecule has 8 heteroatoms. The largest absolute Gasteiger partial charge is 0.297 e. The Hall–Kier alpha value is -0.430. The summed E-state index contributed by atoms with van der Waals surface area (Å²) in [6.45, 7) is 0. The van der Waals surface area contributed by atoms with E-state index in [1.54, 1.807) is 0 Å². The van der Waals surface area contributed by atoms with Gasteiger partial charge < -0.3 is 0 Å². The van der Waals surface area contributed by atoms with Crippen LogP contribution in [0.2, 0.25) is 5.02 Å². The summed E-state index contributed by atoms with van der Waals surface area (Å²) in [5.41, 5.74) is 0. The molecule has 80 valence electrons. The molecule has 1 rings (SSSR count). The molecule has 0 atom stereocenters. The van der Waals surface area contributed by atoms with Crippen LogP contribution in [-0.4, -0.2) is 13.0 Å². The Labute approximate surface area is 89.8 Å². The fourth-order valence-electron chi connectivity index (χ4n) is 0.707. The summed E-state index contributed by atoms with van der Waals surface area (Å²) >= 11 is 5.06. The van der Waals surface area contributed by atoms with Crippen molar-refractivity contribution in [1.29, 1.82) is 0 Å². The van der Waals surface area contributed by atoms with Gasteiger partial charge in [0.25, 0.3) is 10.1 Å². The van der Waals surface area contributed by atoms with Gasteiger partial charge in [0.15, 0.2) is 5.82 Å². The summed E-state index contributed by atoms with van der Waals surface area (Å²) in [7, 11) is -4.70. The number of hydrogen-bond acceptors (Lipinski definition) is 2. The van der Waals surface area contributed by atoms with Gasteiger partial charge in [-0.3, -0.25) is 4.55 Å². The highest BCUT2D eigenvalue weighted by molar-refractivity contribution is 7.85. The first kappa shape index (κ1) is 13.6. The van der Waals surface area contributed by atoms with Crippen molar-refractivity contribution in [1.82, 2.24) is 0 Å². The molecule has 14 heavy (non-hydrogen) atoms. The standard InChI is InChI=1S/C6H3ClF2O3S.ClH/c7-5-3(8)1-2-4(6(5)9)13(10,11)12;/h1-2H,(H,10,11,12);1H. The molecule has 0 bridgehead atoms. The van der Waals surface area contributed by atoms with Gasteiger partial charge in [0.05, 0.1) is 0 Å². The van der Waals surface area contributed by atoms with E-state index in [1.165, 1.54) is 0 Å². The zero-order valence-electron chi connectivity index (χ0n) is 6.37. The summed E-state index contributed by atoms with van der Waals surface area (Å²) in [4.78, 5) is -1.04. The molecule has 0 aliphatic rings. The first-order valence-corrected chi connectivity index (χ1v) is 4.77. The zero-order chi connectivity index (χ0) is 10.2. The molecular formula is C6H4Cl2F2O3S. The summed E-state index contributed by atoms with van der Waals surface area (Å²) < 4.78 is 54.7. The Balaban J connectivity index is 0.00000169. The van der Waals surface area contributed by atoms with Crippen LogP contribution in [0.5, 0.6) is 0 Å². The molecule has 0 heterocycles. The van der Waals surface area contributed by atoms with Crippen molar-refractivity contribution in [3.8, 4) is 0 Å². The Morgan fingerprint density at radius 1 is 1.29 bits per heavy atom. The van der Waals surface area contributed by atoms with Crippen LogP contribution in [0.4, 0.5) is 8.78 Å². The average molecular weight is 265 g/mol. The van der Waals surface area contributed by atoms with Gasteiger partial charge >= 0.3 is 0 Å². The smallest absolute Gasteiger partial charge is 0.282 e. The van der Waals surface area contributed by atoms with E-state index in [0.29, 0.717) is 12.1 Å². The van der Waals surface area contributed by atoms with Crippen molar-refractivity contribution >= 4 is 34.1 Å². The monoisotopic (exact) mass is 264 g/mol. The predicted molar refractivity (Wildman–Crippen MR) is 48.4 cm³/mol. The number of rotatable bonds is 1. The minimum Gasteiger partial charge on any atom is -0.282 e. The molecule has 0 aliphatic heterocycles. The third-order valence-electron chi connectivity index (χ3n) is 1.28. The first-order valence-electron chi connectivity index (χ1n) is 2.95. The Morgan fingerprint density at radius 3 is 2.21 bits per heavy atom. The van der Waals surface area contributed by atoms with E-state index in [1.807, 2.05) is 0 Å². The number of halogens is 4. The van der Waals surface area contributed by atoms with Gasteiger partial charge in [0, 0.05) is 0 Å². The van der Waals surface area contributed by atoms with Gasteiger partial charge in [-0.25, -0.2) is 8.78 Å². The second-order valence-electron chi connectivity index (χ2n) is 2.15. The van der Waals surface area contributed by atoms with Crippen LogP contribution in [0.25, 0.3) is 0 Å². The van der Waals surface area contributed by atoms with E-state index >= 15 is 0 Å². The summed E-state index contributed by atoms with van der Waals surface area (Å²) in [5.74, 6) is -2.59. The number of hydrogen-bond donors (Lipinski definition) is 1. The van der Waals surface area contributed by atoms with E-state index in [2.05, 4.69) is 0 Å². The normalized spacial score (nSPS) is 10.9. The van der Waals surface area contributed by atoms with Crippen LogP contribution in [-0.2, 0) is 10.1 Å². The van der Waals surface area contributed by atoms with Crippen molar-refractivity contribution in [2.75, 3.05) is 0 Å². The summed E-state index contributed by atoms with van der Waals surface area (Å²) in [6, 6.07) is 1.24. The molecule has 0 amide bonds. The van der Waals surface area contributed by atoms with Gasteiger partial charge in [-0.15, -0.1) is 12.4 Å². The highest BCUT2D eigenvalue weighted by atomic mass is 35.5. The predicted octanol–water partition coefficient (Wildman–Crippen LogP) is 2.29. The third kappa shape index (κ3) is 2.54. The lowest BCUT2D eigenvalue weighted by Gasteiger charge is -2.01. The maximum Gasteiger partial charge on any atom is 0.297 e. The zero-order valence-corrected chi connectivity index (χ0v) is 8.76. The van der Waals surface area contributed by atoms with Crippen LogP contribution in [0.3, 0.4) is 0 Å². The van der Waals surface area contributed by atoms with Crippen LogP contribution < -0.4 is 0 Å². The molecular weight excluding hydrogens is 261 g/mol. The summed E-state index contributed by atoms with van der Waals surface area (Å²) in [5, 5.41) is -0.963. The molecule has 0 saturated carbocycles. The van der Waals surface area contributed by atoms with Crippen LogP contribution in [0, 0.1) is 11.6 Å². The topological polar surface area (TPSA) is 54.4 Å². The molecule has 0 unspecified atom stereocenters. The minimum absolute atomic E-state index is 0. The van der Waals surface area contributed by atoms with Crippen molar-refractivity contribution in [2.24, 2.45) is 0 Å². The Bertz CT molecular complexity index is 447. The van der Waals surface area contributed by atoms with E-state index in [4.69, 9.17) is 16.2 Å². The third-order valence-corrected chi connectivity index (χ3v) is 2.50. The van der Waals surface area contributed by atoms with E-state index in [9.17, 15) is 17.2 Å². The lowest BCUT2D eigenvalue weighted by Crippen LogP contribution is -2.02. The fraction of sp³-hybridized carbons (Fsp3) is 0. The van der Waals surface area contributed by atoms with Gasteiger partial charge in [0.1, 0.15) is 15.7 Å². The van der Waals surface area contributed by atoms with E-state index < -0.39 is 31.7 Å². The molecule has 0 aliphatic carbocycles. The minimum atomic E-state index is -4.70. The Kier molecular flexibility index (Phi) is 4.26. The quantitative estimate of drug-likeness (QED) is 0.626. The van der Waals surface area contributed by atoms with Gasteiger partial charge in [-0.1, -0.05) is 11.6 Å². The van der Waals surface area contributed by atoms with Crippen LogP contribution in [0.1, 0.15) is 0 Å². The molecule has 0 saturated heterocycles. The van der Waals surface area contributed by atoms with Gasteiger partial charge in [-0.05, 0) is 12.1 Å². The lowest BCUT2D eigenvalue weighted by molar-refractivity contribution is 0.471. The molecule has 1 N–H and O–H groups in total. The molecule has 1 aromatic carbocycles. The fourth-order valence-corrected chi connectivity index (χ4v) is 1.50. The molecule has 0 spiro atoms. The maximum absolute atomic E-state index is 12.8.